The normalized spacial score (nSPS) is 20.7. The van der Waals surface area contributed by atoms with Crippen LogP contribution in [0.3, 0.4) is 0 Å². The predicted molar refractivity (Wildman–Crippen MR) is 58.7 cm³/mol. The van der Waals surface area contributed by atoms with E-state index in [1.54, 1.807) is 0 Å². The lowest BCUT2D eigenvalue weighted by Crippen LogP contribution is -2.16. The predicted octanol–water partition coefficient (Wildman–Crippen LogP) is 4.24. The van der Waals surface area contributed by atoms with E-state index in [9.17, 15) is 0 Å². The van der Waals surface area contributed by atoms with Crippen molar-refractivity contribution >= 4 is 0 Å². The Kier molecular flexibility index (Phi) is 2.83. The fraction of sp³-hybridized carbons (Fsp3) is 0.615. The van der Waals surface area contributed by atoms with Crippen molar-refractivity contribution in [1.29, 1.82) is 0 Å². The summed E-state index contributed by atoms with van der Waals surface area (Å²) in [7, 11) is 0. The molecule has 13 heavy (non-hydrogen) atoms. The van der Waals surface area contributed by atoms with Gasteiger partial charge in [-0.25, -0.2) is 0 Å². The van der Waals surface area contributed by atoms with Gasteiger partial charge in [0, 0.05) is 0 Å². The average Bonchev–Trinajstić information content (AvgIpc) is 1.78. The highest BCUT2D eigenvalue weighted by Gasteiger charge is 2.23. The standard InChI is InChI=1S/C13H20/c1-10(2)6-12-7-11(3)8-13(4,5)9-12/h7H,8-9H2,1-5H3. The molecule has 0 heterocycles. The highest BCUT2D eigenvalue weighted by molar-refractivity contribution is 5.29. The lowest BCUT2D eigenvalue weighted by molar-refractivity contribution is 0.352. The summed E-state index contributed by atoms with van der Waals surface area (Å²) in [5, 5.41) is 0. The Bertz CT molecular complexity index is 290. The molecule has 0 nitrogen and oxygen atoms in total. The van der Waals surface area contributed by atoms with Crippen LogP contribution >= 0.6 is 0 Å². The minimum Gasteiger partial charge on any atom is -0.119 e. The molecule has 0 aromatic rings. The summed E-state index contributed by atoms with van der Waals surface area (Å²) in [6.07, 6.45) is 4.68. The van der Waals surface area contributed by atoms with E-state index >= 15 is 0 Å². The SMILES string of the molecule is CC(C)=C=C1C=C(C)CC(C)(C)C1. The maximum absolute atomic E-state index is 3.42. The second-order valence-corrected chi connectivity index (χ2v) is 5.16. The van der Waals surface area contributed by atoms with E-state index in [0.29, 0.717) is 5.41 Å². The summed E-state index contributed by atoms with van der Waals surface area (Å²) in [5.74, 6) is 0. The van der Waals surface area contributed by atoms with Crippen LogP contribution in [-0.2, 0) is 0 Å². The second-order valence-electron chi connectivity index (χ2n) is 5.16. The van der Waals surface area contributed by atoms with E-state index in [1.807, 2.05) is 0 Å². The summed E-state index contributed by atoms with van der Waals surface area (Å²) in [4.78, 5) is 0. The third kappa shape index (κ3) is 3.24. The number of allylic oxidation sites excluding steroid dienone is 3. The summed E-state index contributed by atoms with van der Waals surface area (Å²) < 4.78 is 0. The highest BCUT2D eigenvalue weighted by atomic mass is 14.3. The number of hydrogen-bond donors (Lipinski definition) is 0. The van der Waals surface area contributed by atoms with Gasteiger partial charge in [-0.2, -0.15) is 0 Å². The van der Waals surface area contributed by atoms with Crippen LogP contribution < -0.4 is 0 Å². The van der Waals surface area contributed by atoms with Crippen LogP contribution in [0.1, 0.15) is 47.5 Å². The molecule has 0 bridgehead atoms. The van der Waals surface area contributed by atoms with Gasteiger partial charge in [0.15, 0.2) is 0 Å². The van der Waals surface area contributed by atoms with Crippen molar-refractivity contribution < 1.29 is 0 Å². The van der Waals surface area contributed by atoms with Gasteiger partial charge in [-0.15, -0.1) is 5.73 Å². The first kappa shape index (κ1) is 10.3. The minimum atomic E-state index is 0.427. The molecule has 0 radical (unpaired) electrons. The van der Waals surface area contributed by atoms with Gasteiger partial charge in [0.1, 0.15) is 0 Å². The molecule has 0 fully saturated rings. The Balaban J connectivity index is 3.05. The third-order valence-corrected chi connectivity index (χ3v) is 2.26. The van der Waals surface area contributed by atoms with Crippen molar-refractivity contribution in [1.82, 2.24) is 0 Å². The molecule has 0 saturated carbocycles. The smallest absolute Gasteiger partial charge is 0.00562 e. The van der Waals surface area contributed by atoms with Crippen molar-refractivity contribution in [3.05, 3.63) is 28.5 Å². The Morgan fingerprint density at radius 1 is 1.31 bits per heavy atom. The van der Waals surface area contributed by atoms with Gasteiger partial charge in [0.05, 0.1) is 0 Å². The zero-order valence-corrected chi connectivity index (χ0v) is 9.49. The fourth-order valence-electron chi connectivity index (χ4n) is 2.13. The lowest BCUT2D eigenvalue weighted by Gasteiger charge is -2.29. The lowest BCUT2D eigenvalue weighted by atomic mass is 9.76. The van der Waals surface area contributed by atoms with Crippen LogP contribution in [0.2, 0.25) is 0 Å². The molecule has 0 aliphatic heterocycles. The van der Waals surface area contributed by atoms with E-state index in [0.717, 1.165) is 6.42 Å². The fourth-order valence-corrected chi connectivity index (χ4v) is 2.13. The summed E-state index contributed by atoms with van der Waals surface area (Å²) >= 11 is 0. The van der Waals surface area contributed by atoms with Crippen molar-refractivity contribution in [2.75, 3.05) is 0 Å². The zero-order valence-electron chi connectivity index (χ0n) is 9.49. The maximum atomic E-state index is 3.42. The van der Waals surface area contributed by atoms with Crippen molar-refractivity contribution in [2.45, 2.75) is 47.5 Å². The van der Waals surface area contributed by atoms with Crippen LogP contribution in [0.15, 0.2) is 28.5 Å². The van der Waals surface area contributed by atoms with Crippen LogP contribution in [0, 0.1) is 5.41 Å². The molecule has 0 N–H and O–H groups in total. The number of rotatable bonds is 0. The monoisotopic (exact) mass is 176 g/mol. The van der Waals surface area contributed by atoms with Gasteiger partial charge in [-0.1, -0.05) is 25.5 Å². The Morgan fingerprint density at radius 2 is 1.92 bits per heavy atom. The summed E-state index contributed by atoms with van der Waals surface area (Å²) in [6.45, 7) is 11.1. The number of hydrogen-bond acceptors (Lipinski definition) is 0. The first-order chi connectivity index (χ1) is 5.89. The Hall–Kier alpha value is -0.740. The molecule has 0 unspecified atom stereocenters. The van der Waals surface area contributed by atoms with Crippen molar-refractivity contribution in [3.8, 4) is 0 Å². The van der Waals surface area contributed by atoms with E-state index < -0.39 is 0 Å². The first-order valence-electron chi connectivity index (χ1n) is 4.99. The van der Waals surface area contributed by atoms with Crippen molar-refractivity contribution in [3.63, 3.8) is 0 Å². The van der Waals surface area contributed by atoms with E-state index in [-0.39, 0.29) is 0 Å². The first-order valence-corrected chi connectivity index (χ1v) is 4.99. The van der Waals surface area contributed by atoms with E-state index in [2.05, 4.69) is 46.4 Å². The highest BCUT2D eigenvalue weighted by Crippen LogP contribution is 2.37. The van der Waals surface area contributed by atoms with Gasteiger partial charge in [-0.05, 0) is 50.2 Å². The minimum absolute atomic E-state index is 0.427. The average molecular weight is 176 g/mol. The molecule has 1 rings (SSSR count). The summed E-state index contributed by atoms with van der Waals surface area (Å²) in [6, 6.07) is 0. The van der Waals surface area contributed by atoms with Crippen LogP contribution in [-0.4, -0.2) is 0 Å². The topological polar surface area (TPSA) is 0 Å². The molecule has 1 aliphatic carbocycles. The van der Waals surface area contributed by atoms with Crippen LogP contribution in [0.4, 0.5) is 0 Å². The maximum Gasteiger partial charge on any atom is -0.00562 e. The Morgan fingerprint density at radius 3 is 2.38 bits per heavy atom. The van der Waals surface area contributed by atoms with Gasteiger partial charge < -0.3 is 0 Å². The quantitative estimate of drug-likeness (QED) is 0.484. The molecule has 0 spiro atoms. The van der Waals surface area contributed by atoms with E-state index in [1.165, 1.54) is 23.1 Å². The molecular formula is C13H20. The zero-order chi connectivity index (χ0) is 10.1. The second kappa shape index (κ2) is 3.55. The molecule has 0 saturated heterocycles. The van der Waals surface area contributed by atoms with Gasteiger partial charge >= 0.3 is 0 Å². The molecular weight excluding hydrogens is 156 g/mol. The molecule has 0 amide bonds. The molecule has 0 atom stereocenters. The van der Waals surface area contributed by atoms with Crippen LogP contribution in [0.5, 0.6) is 0 Å². The third-order valence-electron chi connectivity index (χ3n) is 2.26. The van der Waals surface area contributed by atoms with Crippen molar-refractivity contribution in [2.24, 2.45) is 5.41 Å². The van der Waals surface area contributed by atoms with Crippen LogP contribution in [0.25, 0.3) is 0 Å². The van der Waals surface area contributed by atoms with Gasteiger partial charge in [0.2, 0.25) is 0 Å². The van der Waals surface area contributed by atoms with E-state index in [4.69, 9.17) is 0 Å². The molecule has 0 aromatic carbocycles. The molecule has 0 heteroatoms. The molecule has 0 aromatic heterocycles. The largest absolute Gasteiger partial charge is 0.119 e. The van der Waals surface area contributed by atoms with Gasteiger partial charge in [0.25, 0.3) is 0 Å². The Labute approximate surface area is 82.0 Å². The molecule has 72 valence electrons. The van der Waals surface area contributed by atoms with Gasteiger partial charge in [-0.3, -0.25) is 0 Å². The summed E-state index contributed by atoms with van der Waals surface area (Å²) in [5.41, 5.74) is 7.98. The molecule has 1 aliphatic rings.